The number of ether oxygens (including phenoxy) is 1. The van der Waals surface area contributed by atoms with Crippen molar-refractivity contribution in [3.05, 3.63) is 0 Å². The van der Waals surface area contributed by atoms with Gasteiger partial charge < -0.3 is 20.5 Å². The van der Waals surface area contributed by atoms with Crippen LogP contribution in [0.3, 0.4) is 0 Å². The summed E-state index contributed by atoms with van der Waals surface area (Å²) in [5.41, 5.74) is -0.495. The summed E-state index contributed by atoms with van der Waals surface area (Å²) in [6.45, 7) is 6.34. The van der Waals surface area contributed by atoms with E-state index in [-0.39, 0.29) is 24.5 Å². The lowest BCUT2D eigenvalue weighted by Crippen LogP contribution is -2.54. The number of fused-ring (bicyclic) bond motifs is 2. The molecule has 1 saturated carbocycles. The van der Waals surface area contributed by atoms with Crippen LogP contribution in [0.4, 0.5) is 4.79 Å². The molecular formula is C11H21ClN2O3. The van der Waals surface area contributed by atoms with Crippen LogP contribution in [0.2, 0.25) is 0 Å². The van der Waals surface area contributed by atoms with E-state index in [1.165, 1.54) is 0 Å². The van der Waals surface area contributed by atoms with E-state index in [9.17, 15) is 9.90 Å². The minimum absolute atomic E-state index is 0. The van der Waals surface area contributed by atoms with Crippen molar-refractivity contribution >= 4 is 18.5 Å². The van der Waals surface area contributed by atoms with Crippen LogP contribution < -0.4 is 10.6 Å². The number of amides is 1. The lowest BCUT2D eigenvalue weighted by atomic mass is 10.0. The maximum absolute atomic E-state index is 11.6. The van der Waals surface area contributed by atoms with E-state index in [0.29, 0.717) is 5.92 Å². The van der Waals surface area contributed by atoms with Crippen molar-refractivity contribution in [3.8, 4) is 0 Å². The molecule has 0 aromatic heterocycles. The number of piperidine rings is 1. The maximum atomic E-state index is 11.6. The summed E-state index contributed by atoms with van der Waals surface area (Å²) in [6.07, 6.45) is -0.00267. The minimum atomic E-state index is -0.495. The summed E-state index contributed by atoms with van der Waals surface area (Å²) in [5, 5.41) is 15.9. The first-order valence-electron chi connectivity index (χ1n) is 5.78. The van der Waals surface area contributed by atoms with Gasteiger partial charge in [0, 0.05) is 12.6 Å². The van der Waals surface area contributed by atoms with Crippen LogP contribution in [0.1, 0.15) is 27.2 Å². The molecule has 2 aliphatic rings. The molecule has 1 amide bonds. The number of nitrogens with one attached hydrogen (secondary N) is 2. The molecule has 1 aliphatic carbocycles. The van der Waals surface area contributed by atoms with Crippen LogP contribution in [-0.4, -0.2) is 41.5 Å². The third-order valence-electron chi connectivity index (χ3n) is 3.17. The molecule has 0 spiro atoms. The van der Waals surface area contributed by atoms with E-state index in [1.807, 2.05) is 20.8 Å². The van der Waals surface area contributed by atoms with Gasteiger partial charge >= 0.3 is 6.09 Å². The van der Waals surface area contributed by atoms with Crippen LogP contribution in [0, 0.1) is 5.92 Å². The summed E-state index contributed by atoms with van der Waals surface area (Å²) in [6, 6.07) is -0.0361. The molecule has 2 fully saturated rings. The van der Waals surface area contributed by atoms with Crippen molar-refractivity contribution < 1.29 is 14.6 Å². The van der Waals surface area contributed by atoms with Crippen LogP contribution in [-0.2, 0) is 4.74 Å². The van der Waals surface area contributed by atoms with Crippen molar-refractivity contribution in [1.29, 1.82) is 0 Å². The molecule has 1 saturated heterocycles. The molecule has 6 heteroatoms. The van der Waals surface area contributed by atoms with Gasteiger partial charge in [0.15, 0.2) is 0 Å². The maximum Gasteiger partial charge on any atom is 0.407 e. The van der Waals surface area contributed by atoms with Gasteiger partial charge in [-0.25, -0.2) is 4.79 Å². The van der Waals surface area contributed by atoms with Crippen molar-refractivity contribution in [2.75, 3.05) is 6.54 Å². The van der Waals surface area contributed by atoms with Crippen molar-refractivity contribution in [2.24, 2.45) is 5.92 Å². The first-order valence-corrected chi connectivity index (χ1v) is 5.78. The Morgan fingerprint density at radius 2 is 2.12 bits per heavy atom. The smallest absolute Gasteiger partial charge is 0.407 e. The monoisotopic (exact) mass is 264 g/mol. The molecule has 4 atom stereocenters. The van der Waals surface area contributed by atoms with E-state index in [4.69, 9.17) is 4.74 Å². The third kappa shape index (κ3) is 3.24. The molecule has 3 N–H and O–H groups in total. The van der Waals surface area contributed by atoms with Crippen LogP contribution in [0.5, 0.6) is 0 Å². The molecule has 4 unspecified atom stereocenters. The van der Waals surface area contributed by atoms with Crippen LogP contribution >= 0.6 is 12.4 Å². The summed E-state index contributed by atoms with van der Waals surface area (Å²) in [4.78, 5) is 11.6. The second-order valence-corrected chi connectivity index (χ2v) is 5.67. The van der Waals surface area contributed by atoms with Gasteiger partial charge in [-0.1, -0.05) is 0 Å². The average molecular weight is 265 g/mol. The molecule has 0 aromatic rings. The fraction of sp³-hybridized carbons (Fsp3) is 0.909. The fourth-order valence-electron chi connectivity index (χ4n) is 2.51. The van der Waals surface area contributed by atoms with Crippen molar-refractivity contribution in [2.45, 2.75) is 51.0 Å². The molecule has 2 bridgehead atoms. The lowest BCUT2D eigenvalue weighted by Gasteiger charge is -2.29. The number of aliphatic hydroxyl groups is 1. The Labute approximate surface area is 108 Å². The zero-order valence-corrected chi connectivity index (χ0v) is 11.2. The number of alkyl carbamates (subject to hydrolysis) is 1. The number of carbonyl (C=O) groups excluding carboxylic acids is 1. The van der Waals surface area contributed by atoms with Gasteiger partial charge in [-0.05, 0) is 33.1 Å². The molecule has 100 valence electrons. The van der Waals surface area contributed by atoms with E-state index in [2.05, 4.69) is 10.6 Å². The number of hydrogen-bond acceptors (Lipinski definition) is 4. The van der Waals surface area contributed by atoms with Crippen LogP contribution in [0.15, 0.2) is 0 Å². The van der Waals surface area contributed by atoms with Crippen molar-refractivity contribution in [3.63, 3.8) is 0 Å². The summed E-state index contributed by atoms with van der Waals surface area (Å²) in [7, 11) is 0. The Kier molecular flexibility index (Phi) is 4.28. The zero-order chi connectivity index (χ0) is 11.9. The highest BCUT2D eigenvalue weighted by Crippen LogP contribution is 2.31. The second kappa shape index (κ2) is 5.00. The number of rotatable bonds is 1. The first kappa shape index (κ1) is 14.5. The van der Waals surface area contributed by atoms with Crippen molar-refractivity contribution in [1.82, 2.24) is 10.6 Å². The quantitative estimate of drug-likeness (QED) is 0.651. The lowest BCUT2D eigenvalue weighted by molar-refractivity contribution is 0.0377. The van der Waals surface area contributed by atoms with Gasteiger partial charge in [-0.3, -0.25) is 0 Å². The molecule has 1 aliphatic heterocycles. The fourth-order valence-corrected chi connectivity index (χ4v) is 2.51. The zero-order valence-electron chi connectivity index (χ0n) is 10.4. The van der Waals surface area contributed by atoms with Gasteiger partial charge in [0.2, 0.25) is 0 Å². The van der Waals surface area contributed by atoms with Crippen LogP contribution in [0.25, 0.3) is 0 Å². The first-order chi connectivity index (χ1) is 7.37. The Balaban J connectivity index is 0.00000144. The van der Waals surface area contributed by atoms with E-state index < -0.39 is 17.8 Å². The highest BCUT2D eigenvalue weighted by molar-refractivity contribution is 5.85. The third-order valence-corrected chi connectivity index (χ3v) is 3.17. The Morgan fingerprint density at radius 1 is 1.47 bits per heavy atom. The Bertz CT molecular complexity index is 291. The highest BCUT2D eigenvalue weighted by atomic mass is 35.5. The summed E-state index contributed by atoms with van der Waals surface area (Å²) >= 11 is 0. The summed E-state index contributed by atoms with van der Waals surface area (Å²) in [5.74, 6) is 0.326. The normalized spacial score (nSPS) is 35.3. The topological polar surface area (TPSA) is 70.6 Å². The van der Waals surface area contributed by atoms with E-state index in [0.717, 1.165) is 13.0 Å². The number of carbonyl (C=O) groups is 1. The molecule has 17 heavy (non-hydrogen) atoms. The van der Waals surface area contributed by atoms with Gasteiger partial charge in [0.25, 0.3) is 0 Å². The van der Waals surface area contributed by atoms with Gasteiger partial charge in [0.05, 0.1) is 12.1 Å². The number of halogens is 1. The van der Waals surface area contributed by atoms with E-state index in [1.54, 1.807) is 0 Å². The highest BCUT2D eigenvalue weighted by Gasteiger charge is 2.47. The Hall–Kier alpha value is -0.520. The Morgan fingerprint density at radius 3 is 2.59 bits per heavy atom. The largest absolute Gasteiger partial charge is 0.444 e. The van der Waals surface area contributed by atoms with Gasteiger partial charge in [-0.2, -0.15) is 0 Å². The molecule has 0 radical (unpaired) electrons. The van der Waals surface area contributed by atoms with Gasteiger partial charge in [-0.15, -0.1) is 12.4 Å². The minimum Gasteiger partial charge on any atom is -0.444 e. The average Bonchev–Trinajstić information content (AvgIpc) is 2.66. The summed E-state index contributed by atoms with van der Waals surface area (Å²) < 4.78 is 5.17. The predicted octanol–water partition coefficient (Wildman–Crippen LogP) is 0.654. The molecule has 1 heterocycles. The molecule has 2 rings (SSSR count). The number of hydrogen-bond donors (Lipinski definition) is 3. The second-order valence-electron chi connectivity index (χ2n) is 5.67. The SMILES string of the molecule is CC(C)(C)OC(=O)NC1C2CNC(C2)C1O.Cl. The standard InChI is InChI=1S/C11H20N2O3.ClH/c1-11(2,3)16-10(15)13-8-6-4-7(9(8)14)12-5-6;/h6-9,12,14H,4-5H2,1-3H3,(H,13,15);1H. The molecule has 0 aromatic carbocycles. The predicted molar refractivity (Wildman–Crippen MR) is 66.3 cm³/mol. The number of aliphatic hydroxyl groups excluding tert-OH is 1. The van der Waals surface area contributed by atoms with E-state index >= 15 is 0 Å². The van der Waals surface area contributed by atoms with Gasteiger partial charge in [0.1, 0.15) is 5.60 Å². The molecular weight excluding hydrogens is 244 g/mol. The molecule has 5 nitrogen and oxygen atoms in total.